The van der Waals surface area contributed by atoms with Gasteiger partial charge in [-0.15, -0.1) is 5.10 Å². The van der Waals surface area contributed by atoms with E-state index in [-0.39, 0.29) is 12.4 Å². The molecule has 2 N–H and O–H groups in total. The van der Waals surface area contributed by atoms with Crippen molar-refractivity contribution in [3.05, 3.63) is 131 Å². The van der Waals surface area contributed by atoms with Crippen LogP contribution in [0.25, 0.3) is 0 Å². The lowest BCUT2D eigenvalue weighted by atomic mass is 9.82. The van der Waals surface area contributed by atoms with Crippen molar-refractivity contribution in [3.63, 3.8) is 0 Å². The molecule has 1 aliphatic heterocycles. The minimum absolute atomic E-state index is 0.263. The molecule has 2 heterocycles. The first-order valence-electron chi connectivity index (χ1n) is 12.5. The van der Waals surface area contributed by atoms with Gasteiger partial charge in [0.2, 0.25) is 0 Å². The maximum Gasteiger partial charge on any atom is 0.305 e. The molecule has 5 rings (SSSR count). The first-order chi connectivity index (χ1) is 20.1. The summed E-state index contributed by atoms with van der Waals surface area (Å²) in [7, 11) is 0. The van der Waals surface area contributed by atoms with Gasteiger partial charge in [-0.3, -0.25) is 0 Å². The molecule has 42 heavy (non-hydrogen) atoms. The van der Waals surface area contributed by atoms with Gasteiger partial charge < -0.3 is 15.2 Å². The van der Waals surface area contributed by atoms with Crippen LogP contribution in [0.1, 0.15) is 16.7 Å². The number of ether oxygens (including phenoxy) is 1. The van der Waals surface area contributed by atoms with E-state index in [4.69, 9.17) is 4.74 Å². The summed E-state index contributed by atoms with van der Waals surface area (Å²) in [6.45, 7) is -0.652. The zero-order chi connectivity index (χ0) is 29.7. The Bertz CT molecular complexity index is 1660. The highest BCUT2D eigenvalue weighted by atomic mass is 19.3. The summed E-state index contributed by atoms with van der Waals surface area (Å²) in [5, 5.41) is 24.0. The number of hydrogen-bond acceptors (Lipinski definition) is 6. The summed E-state index contributed by atoms with van der Waals surface area (Å²) < 4.78 is 79.6. The van der Waals surface area contributed by atoms with E-state index < -0.39 is 41.3 Å². The van der Waals surface area contributed by atoms with Crippen LogP contribution in [0.15, 0.2) is 97.0 Å². The number of alkyl halides is 2. The van der Waals surface area contributed by atoms with Crippen molar-refractivity contribution in [2.24, 2.45) is 0 Å². The second-order valence-corrected chi connectivity index (χ2v) is 9.41. The zero-order valence-electron chi connectivity index (χ0n) is 21.7. The van der Waals surface area contributed by atoms with E-state index in [0.717, 1.165) is 34.8 Å². The average Bonchev–Trinajstić information content (AvgIpc) is 3.49. The van der Waals surface area contributed by atoms with Crippen LogP contribution < -0.4 is 10.1 Å². The van der Waals surface area contributed by atoms with Gasteiger partial charge in [0.1, 0.15) is 42.2 Å². The maximum absolute atomic E-state index is 15.9. The van der Waals surface area contributed by atoms with Crippen LogP contribution in [0, 0.1) is 29.3 Å². The molecule has 3 aromatic carbocycles. The predicted molar refractivity (Wildman–Crippen MR) is 141 cm³/mol. The Morgan fingerprint density at radius 1 is 0.952 bits per heavy atom. The van der Waals surface area contributed by atoms with Gasteiger partial charge in [-0.2, -0.15) is 0 Å². The summed E-state index contributed by atoms with van der Waals surface area (Å²) in [5.41, 5.74) is -2.17. The summed E-state index contributed by atoms with van der Waals surface area (Å²) in [5.74, 6) is -0.334. The zero-order valence-corrected chi connectivity index (χ0v) is 21.7. The SMILES string of the molecule is OC(Cn1cnnn1)(c1ccc(F)cc1F)C(F)(F)C1C=CC(C#Cc2ccc(OCc3ccc(F)cc3)cc2)=CN1. The van der Waals surface area contributed by atoms with Crippen molar-refractivity contribution in [1.82, 2.24) is 25.5 Å². The number of aromatic nitrogens is 4. The molecule has 214 valence electrons. The number of nitrogens with one attached hydrogen (secondary N) is 1. The normalized spacial score (nSPS) is 16.0. The minimum Gasteiger partial charge on any atom is -0.489 e. The van der Waals surface area contributed by atoms with Crippen molar-refractivity contribution in [2.45, 2.75) is 30.7 Å². The first kappa shape index (κ1) is 28.5. The number of aliphatic hydroxyl groups is 1. The third kappa shape index (κ3) is 6.16. The molecule has 4 aromatic rings. The number of hydrogen-bond donors (Lipinski definition) is 2. The number of rotatable bonds is 8. The quantitative estimate of drug-likeness (QED) is 0.234. The molecule has 0 bridgehead atoms. The second-order valence-electron chi connectivity index (χ2n) is 9.41. The van der Waals surface area contributed by atoms with E-state index >= 15 is 8.78 Å². The molecule has 1 aliphatic rings. The molecule has 2 unspecified atom stereocenters. The Kier molecular flexibility index (Phi) is 8.04. The molecule has 0 saturated heterocycles. The molecule has 0 spiro atoms. The molecule has 0 aliphatic carbocycles. The van der Waals surface area contributed by atoms with Gasteiger partial charge in [-0.1, -0.05) is 30.0 Å². The molecule has 0 saturated carbocycles. The smallest absolute Gasteiger partial charge is 0.305 e. The van der Waals surface area contributed by atoms with Crippen LogP contribution in [0.4, 0.5) is 22.0 Å². The summed E-state index contributed by atoms with van der Waals surface area (Å²) >= 11 is 0. The summed E-state index contributed by atoms with van der Waals surface area (Å²) in [6, 6.07) is 13.0. The number of benzene rings is 3. The molecule has 0 radical (unpaired) electrons. The van der Waals surface area contributed by atoms with Crippen molar-refractivity contribution in [2.75, 3.05) is 0 Å². The van der Waals surface area contributed by atoms with E-state index in [1.807, 2.05) is 0 Å². The molecule has 0 fully saturated rings. The van der Waals surface area contributed by atoms with Crippen LogP contribution in [0.3, 0.4) is 0 Å². The molecule has 12 heteroatoms. The van der Waals surface area contributed by atoms with Crippen molar-refractivity contribution in [1.29, 1.82) is 0 Å². The van der Waals surface area contributed by atoms with Gasteiger partial charge in [0.15, 0.2) is 5.60 Å². The van der Waals surface area contributed by atoms with Crippen LogP contribution in [-0.2, 0) is 18.8 Å². The predicted octanol–water partition coefficient (Wildman–Crippen LogP) is 4.66. The number of tetrazole rings is 1. The van der Waals surface area contributed by atoms with E-state index in [1.165, 1.54) is 24.4 Å². The van der Waals surface area contributed by atoms with Crippen molar-refractivity contribution in [3.8, 4) is 17.6 Å². The molecule has 1 aromatic heterocycles. The largest absolute Gasteiger partial charge is 0.489 e. The lowest BCUT2D eigenvalue weighted by Gasteiger charge is -2.40. The lowest BCUT2D eigenvalue weighted by Crippen LogP contribution is -2.59. The Labute approximate surface area is 236 Å². The number of halogens is 5. The monoisotopic (exact) mass is 579 g/mol. The average molecular weight is 580 g/mol. The fourth-order valence-electron chi connectivity index (χ4n) is 4.25. The highest BCUT2D eigenvalue weighted by Gasteiger charge is 2.59. The van der Waals surface area contributed by atoms with Gasteiger partial charge in [-0.25, -0.2) is 26.6 Å². The van der Waals surface area contributed by atoms with Crippen LogP contribution in [0.2, 0.25) is 0 Å². The second kappa shape index (κ2) is 11.8. The van der Waals surface area contributed by atoms with Crippen LogP contribution in [0.5, 0.6) is 5.75 Å². The molecular weight excluding hydrogens is 557 g/mol. The Morgan fingerprint density at radius 2 is 1.69 bits per heavy atom. The van der Waals surface area contributed by atoms with Gasteiger partial charge in [0.05, 0.1) is 6.54 Å². The Hall–Kier alpha value is -5.02. The van der Waals surface area contributed by atoms with Crippen LogP contribution in [-0.4, -0.2) is 37.3 Å². The highest BCUT2D eigenvalue weighted by molar-refractivity contribution is 5.47. The minimum atomic E-state index is -4.03. The van der Waals surface area contributed by atoms with Gasteiger partial charge in [-0.05, 0) is 70.6 Å². The van der Waals surface area contributed by atoms with Crippen molar-refractivity contribution >= 4 is 0 Å². The molecule has 2 atom stereocenters. The summed E-state index contributed by atoms with van der Waals surface area (Å²) in [6.07, 6.45) is 4.69. The van der Waals surface area contributed by atoms with Crippen molar-refractivity contribution < 1.29 is 31.8 Å². The topological polar surface area (TPSA) is 85.1 Å². The van der Waals surface area contributed by atoms with E-state index in [9.17, 15) is 18.3 Å². The Morgan fingerprint density at radius 3 is 2.33 bits per heavy atom. The number of allylic oxidation sites excluding steroid dienone is 2. The first-order valence-corrected chi connectivity index (χ1v) is 12.5. The van der Waals surface area contributed by atoms with Crippen LogP contribution >= 0.6 is 0 Å². The number of dihydropyridines is 1. The lowest BCUT2D eigenvalue weighted by molar-refractivity contribution is -0.206. The van der Waals surface area contributed by atoms with Gasteiger partial charge in [0.25, 0.3) is 0 Å². The van der Waals surface area contributed by atoms with E-state index in [1.54, 1.807) is 36.4 Å². The molecular formula is C30H22F5N5O2. The molecule has 0 amide bonds. The third-order valence-electron chi connectivity index (χ3n) is 6.51. The highest BCUT2D eigenvalue weighted by Crippen LogP contribution is 2.43. The van der Waals surface area contributed by atoms with E-state index in [0.29, 0.717) is 23.0 Å². The fourth-order valence-corrected chi connectivity index (χ4v) is 4.25. The van der Waals surface area contributed by atoms with Gasteiger partial charge >= 0.3 is 5.92 Å². The standard InChI is InChI=1S/C30H22F5N5O2/c31-23-8-3-22(4-9-23)17-42-25-11-5-20(6-12-25)1-2-21-7-14-28(36-16-21)30(34,35)29(41,18-40-19-37-38-39-40)26-13-10-24(32)15-27(26)33/h3-16,19,28,36,41H,17-18H2. The molecule has 7 nitrogen and oxygen atoms in total. The fraction of sp³-hybridized carbons (Fsp3) is 0.167. The number of nitrogens with zero attached hydrogens (tertiary/aromatic N) is 4. The summed E-state index contributed by atoms with van der Waals surface area (Å²) in [4.78, 5) is 0. The maximum atomic E-state index is 15.9. The Balaban J connectivity index is 1.28. The van der Waals surface area contributed by atoms with E-state index in [2.05, 4.69) is 32.7 Å². The third-order valence-corrected chi connectivity index (χ3v) is 6.51. The van der Waals surface area contributed by atoms with Gasteiger partial charge in [0, 0.05) is 29.0 Å².